The number of aliphatic hydroxyl groups is 1. The molecular weight excluding hydrogens is 288 g/mol. The maximum absolute atomic E-state index is 11.7. The highest BCUT2D eigenvalue weighted by atomic mass is 35.5. The van der Waals surface area contributed by atoms with Gasteiger partial charge in [0.05, 0.1) is 23.9 Å². The summed E-state index contributed by atoms with van der Waals surface area (Å²) in [5.41, 5.74) is 1.46. The minimum atomic E-state index is -0.246. The smallest absolute Gasteiger partial charge is 0.244 e. The van der Waals surface area contributed by atoms with E-state index in [4.69, 9.17) is 16.7 Å². The van der Waals surface area contributed by atoms with Crippen LogP contribution in [-0.4, -0.2) is 28.6 Å². The standard InChI is InChI=1S/C16H17ClN2O2/c1-2-13(10-20)19-16(21)8-7-14-6-4-11-3-5-12(17)9-15(11)18-14/h3-9,13,20H,2,10H2,1H3,(H,19,21)/b8-7+. The minimum absolute atomic E-state index is 0.0667. The van der Waals surface area contributed by atoms with Crippen molar-refractivity contribution >= 4 is 34.5 Å². The van der Waals surface area contributed by atoms with Crippen molar-refractivity contribution in [2.45, 2.75) is 19.4 Å². The Hall–Kier alpha value is -1.91. The van der Waals surface area contributed by atoms with Crippen molar-refractivity contribution in [3.8, 4) is 0 Å². The maximum Gasteiger partial charge on any atom is 0.244 e. The van der Waals surface area contributed by atoms with E-state index < -0.39 is 0 Å². The lowest BCUT2D eigenvalue weighted by Crippen LogP contribution is -2.35. The number of nitrogens with zero attached hydrogens (tertiary/aromatic N) is 1. The molecule has 2 aromatic rings. The second-order valence-electron chi connectivity index (χ2n) is 4.70. The number of halogens is 1. The first kappa shape index (κ1) is 15.5. The molecule has 110 valence electrons. The van der Waals surface area contributed by atoms with Crippen molar-refractivity contribution < 1.29 is 9.90 Å². The van der Waals surface area contributed by atoms with Gasteiger partial charge in [-0.1, -0.05) is 30.7 Å². The number of aromatic nitrogens is 1. The van der Waals surface area contributed by atoms with Crippen molar-refractivity contribution in [3.05, 3.63) is 47.1 Å². The second kappa shape index (κ2) is 7.20. The fourth-order valence-electron chi connectivity index (χ4n) is 1.89. The molecule has 1 atom stereocenters. The summed E-state index contributed by atoms with van der Waals surface area (Å²) in [5.74, 6) is -0.246. The lowest BCUT2D eigenvalue weighted by atomic mass is 10.2. The molecule has 0 fully saturated rings. The summed E-state index contributed by atoms with van der Waals surface area (Å²) in [4.78, 5) is 16.1. The number of rotatable bonds is 5. The van der Waals surface area contributed by atoms with Crippen LogP contribution in [0.15, 0.2) is 36.4 Å². The van der Waals surface area contributed by atoms with E-state index in [2.05, 4.69) is 10.3 Å². The summed E-state index contributed by atoms with van der Waals surface area (Å²) in [5, 5.41) is 13.4. The number of amides is 1. The van der Waals surface area contributed by atoms with Crippen LogP contribution < -0.4 is 5.32 Å². The Balaban J connectivity index is 2.11. The van der Waals surface area contributed by atoms with Crippen LogP contribution in [0.1, 0.15) is 19.0 Å². The largest absolute Gasteiger partial charge is 0.394 e. The van der Waals surface area contributed by atoms with Crippen LogP contribution in [0.2, 0.25) is 5.02 Å². The topological polar surface area (TPSA) is 62.2 Å². The van der Waals surface area contributed by atoms with Gasteiger partial charge in [-0.2, -0.15) is 0 Å². The van der Waals surface area contributed by atoms with E-state index in [0.717, 1.165) is 10.9 Å². The zero-order valence-corrected chi connectivity index (χ0v) is 12.5. The van der Waals surface area contributed by atoms with Gasteiger partial charge in [-0.05, 0) is 30.7 Å². The Morgan fingerprint density at radius 1 is 1.43 bits per heavy atom. The highest BCUT2D eigenvalue weighted by molar-refractivity contribution is 6.31. The van der Waals surface area contributed by atoms with E-state index >= 15 is 0 Å². The fraction of sp³-hybridized carbons (Fsp3) is 0.250. The monoisotopic (exact) mass is 304 g/mol. The van der Waals surface area contributed by atoms with Gasteiger partial charge in [-0.25, -0.2) is 4.98 Å². The number of aliphatic hydroxyl groups excluding tert-OH is 1. The van der Waals surface area contributed by atoms with Crippen LogP contribution in [0.25, 0.3) is 17.0 Å². The first-order valence-corrected chi connectivity index (χ1v) is 7.16. The van der Waals surface area contributed by atoms with Gasteiger partial charge in [0, 0.05) is 16.5 Å². The van der Waals surface area contributed by atoms with E-state index in [1.807, 2.05) is 31.2 Å². The molecular formula is C16H17ClN2O2. The van der Waals surface area contributed by atoms with Crippen LogP contribution in [-0.2, 0) is 4.79 Å². The van der Waals surface area contributed by atoms with Gasteiger partial charge in [-0.3, -0.25) is 4.79 Å². The van der Waals surface area contributed by atoms with Gasteiger partial charge in [0.1, 0.15) is 0 Å². The van der Waals surface area contributed by atoms with Gasteiger partial charge >= 0.3 is 0 Å². The zero-order valence-electron chi connectivity index (χ0n) is 11.7. The van der Waals surface area contributed by atoms with Gasteiger partial charge in [0.25, 0.3) is 0 Å². The van der Waals surface area contributed by atoms with Crippen molar-refractivity contribution in [2.24, 2.45) is 0 Å². The average molecular weight is 305 g/mol. The zero-order chi connectivity index (χ0) is 15.2. The first-order valence-electron chi connectivity index (χ1n) is 6.78. The second-order valence-corrected chi connectivity index (χ2v) is 5.14. The van der Waals surface area contributed by atoms with Crippen molar-refractivity contribution in [3.63, 3.8) is 0 Å². The molecule has 5 heteroatoms. The Morgan fingerprint density at radius 3 is 2.90 bits per heavy atom. The van der Waals surface area contributed by atoms with E-state index in [0.29, 0.717) is 17.1 Å². The molecule has 0 saturated heterocycles. The van der Waals surface area contributed by atoms with E-state index in [1.165, 1.54) is 6.08 Å². The lowest BCUT2D eigenvalue weighted by molar-refractivity contribution is -0.117. The summed E-state index contributed by atoms with van der Waals surface area (Å²) in [6, 6.07) is 9.05. The van der Waals surface area contributed by atoms with Crippen LogP contribution in [0.5, 0.6) is 0 Å². The van der Waals surface area contributed by atoms with Gasteiger partial charge in [0.15, 0.2) is 0 Å². The molecule has 0 aliphatic rings. The molecule has 1 aromatic carbocycles. The Kier molecular flexibility index (Phi) is 5.31. The van der Waals surface area contributed by atoms with E-state index in [1.54, 1.807) is 12.1 Å². The van der Waals surface area contributed by atoms with Crippen LogP contribution >= 0.6 is 11.6 Å². The summed E-state index contributed by atoms with van der Waals surface area (Å²) in [6.45, 7) is 1.84. The molecule has 2 N–H and O–H groups in total. The summed E-state index contributed by atoms with van der Waals surface area (Å²) < 4.78 is 0. The fourth-order valence-corrected chi connectivity index (χ4v) is 2.05. The molecule has 2 rings (SSSR count). The van der Waals surface area contributed by atoms with Gasteiger partial charge < -0.3 is 10.4 Å². The van der Waals surface area contributed by atoms with E-state index in [-0.39, 0.29) is 18.6 Å². The molecule has 1 unspecified atom stereocenters. The molecule has 0 radical (unpaired) electrons. The molecule has 1 aromatic heterocycles. The number of fused-ring (bicyclic) bond motifs is 1. The molecule has 0 spiro atoms. The van der Waals surface area contributed by atoms with Crippen molar-refractivity contribution in [2.75, 3.05) is 6.61 Å². The third-order valence-corrected chi connectivity index (χ3v) is 3.38. The Labute approximate surface area is 128 Å². The van der Waals surface area contributed by atoms with Gasteiger partial charge in [-0.15, -0.1) is 0 Å². The molecule has 1 amide bonds. The molecule has 0 bridgehead atoms. The molecule has 21 heavy (non-hydrogen) atoms. The molecule has 0 saturated carbocycles. The summed E-state index contributed by atoms with van der Waals surface area (Å²) in [6.07, 6.45) is 3.74. The Bertz CT molecular complexity index is 666. The number of carbonyl (C=O) groups is 1. The highest BCUT2D eigenvalue weighted by Crippen LogP contribution is 2.18. The number of hydrogen-bond donors (Lipinski definition) is 2. The van der Waals surface area contributed by atoms with Crippen LogP contribution in [0.3, 0.4) is 0 Å². The minimum Gasteiger partial charge on any atom is -0.394 e. The number of pyridine rings is 1. The van der Waals surface area contributed by atoms with E-state index in [9.17, 15) is 4.79 Å². The molecule has 0 aliphatic carbocycles. The quantitative estimate of drug-likeness (QED) is 0.835. The number of benzene rings is 1. The number of nitrogens with one attached hydrogen (secondary N) is 1. The number of carbonyl (C=O) groups excluding carboxylic acids is 1. The van der Waals surface area contributed by atoms with Crippen LogP contribution in [0.4, 0.5) is 0 Å². The average Bonchev–Trinajstić information content (AvgIpc) is 2.50. The molecule has 1 heterocycles. The third kappa shape index (κ3) is 4.28. The summed E-state index contributed by atoms with van der Waals surface area (Å²) in [7, 11) is 0. The van der Waals surface area contributed by atoms with Crippen molar-refractivity contribution in [1.29, 1.82) is 0 Å². The first-order chi connectivity index (χ1) is 10.1. The molecule has 0 aliphatic heterocycles. The SMILES string of the molecule is CCC(CO)NC(=O)/C=C/c1ccc2ccc(Cl)cc2n1. The van der Waals surface area contributed by atoms with Gasteiger partial charge in [0.2, 0.25) is 5.91 Å². The number of hydrogen-bond acceptors (Lipinski definition) is 3. The Morgan fingerprint density at radius 2 is 2.19 bits per heavy atom. The molecule has 4 nitrogen and oxygen atoms in total. The normalized spacial score (nSPS) is 12.7. The maximum atomic E-state index is 11.7. The predicted octanol–water partition coefficient (Wildman–Crippen LogP) is 2.79. The third-order valence-electron chi connectivity index (χ3n) is 3.14. The lowest BCUT2D eigenvalue weighted by Gasteiger charge is -2.11. The van der Waals surface area contributed by atoms with Crippen molar-refractivity contribution in [1.82, 2.24) is 10.3 Å². The van der Waals surface area contributed by atoms with Crippen LogP contribution in [0, 0.1) is 0 Å². The highest BCUT2D eigenvalue weighted by Gasteiger charge is 2.06. The summed E-state index contributed by atoms with van der Waals surface area (Å²) >= 11 is 5.94. The predicted molar refractivity (Wildman–Crippen MR) is 85.1 cm³/mol.